The molecular weight excluding hydrogens is 311 g/mol. The SMILES string of the molecule is O=C(O)CCCN1CCN(S(=O)(=O)c2cccc(F)c2)CC1. The number of hydrogen-bond donors (Lipinski definition) is 1. The van der Waals surface area contributed by atoms with Crippen LogP contribution in [0.3, 0.4) is 0 Å². The van der Waals surface area contributed by atoms with Crippen LogP contribution in [0.2, 0.25) is 0 Å². The van der Waals surface area contributed by atoms with Crippen molar-refractivity contribution in [3.63, 3.8) is 0 Å². The molecule has 1 aliphatic heterocycles. The molecule has 2 rings (SSSR count). The zero-order valence-corrected chi connectivity index (χ0v) is 12.9. The molecule has 1 N–H and O–H groups in total. The number of nitrogens with zero attached hydrogens (tertiary/aromatic N) is 2. The molecule has 1 fully saturated rings. The van der Waals surface area contributed by atoms with Crippen molar-refractivity contribution in [1.29, 1.82) is 0 Å². The third-order valence-electron chi connectivity index (χ3n) is 3.63. The first-order chi connectivity index (χ1) is 10.4. The molecule has 1 aromatic carbocycles. The minimum atomic E-state index is -3.67. The van der Waals surface area contributed by atoms with E-state index >= 15 is 0 Å². The number of rotatable bonds is 6. The minimum absolute atomic E-state index is 0.0353. The average Bonchev–Trinajstić information content (AvgIpc) is 2.47. The van der Waals surface area contributed by atoms with Crippen molar-refractivity contribution >= 4 is 16.0 Å². The van der Waals surface area contributed by atoms with Gasteiger partial charge in [0, 0.05) is 32.6 Å². The van der Waals surface area contributed by atoms with Gasteiger partial charge < -0.3 is 10.0 Å². The standard InChI is InChI=1S/C14H19FN2O4S/c15-12-3-1-4-13(11-12)22(20,21)17-9-7-16(8-10-17)6-2-5-14(18)19/h1,3-4,11H,2,5-10H2,(H,18,19). The lowest BCUT2D eigenvalue weighted by Crippen LogP contribution is -2.48. The van der Waals surface area contributed by atoms with Gasteiger partial charge in [-0.1, -0.05) is 6.07 Å². The Labute approximate surface area is 129 Å². The fourth-order valence-electron chi connectivity index (χ4n) is 2.42. The molecule has 1 heterocycles. The minimum Gasteiger partial charge on any atom is -0.481 e. The Morgan fingerprint density at radius 1 is 1.23 bits per heavy atom. The molecule has 0 spiro atoms. The number of piperazine rings is 1. The van der Waals surface area contributed by atoms with Crippen molar-refractivity contribution in [2.45, 2.75) is 17.7 Å². The first-order valence-corrected chi connectivity index (χ1v) is 8.53. The van der Waals surface area contributed by atoms with Crippen LogP contribution in [-0.4, -0.2) is 61.4 Å². The number of carboxylic acid groups (broad SMARTS) is 1. The molecule has 1 saturated heterocycles. The highest BCUT2D eigenvalue weighted by atomic mass is 32.2. The Morgan fingerprint density at radius 3 is 2.50 bits per heavy atom. The third kappa shape index (κ3) is 4.25. The fraction of sp³-hybridized carbons (Fsp3) is 0.500. The zero-order valence-electron chi connectivity index (χ0n) is 12.1. The zero-order chi connectivity index (χ0) is 16.2. The second kappa shape index (κ2) is 7.17. The highest BCUT2D eigenvalue weighted by molar-refractivity contribution is 7.89. The molecule has 0 saturated carbocycles. The van der Waals surface area contributed by atoms with Gasteiger partial charge in [0.2, 0.25) is 10.0 Å². The highest BCUT2D eigenvalue weighted by Gasteiger charge is 2.28. The van der Waals surface area contributed by atoms with Gasteiger partial charge in [-0.3, -0.25) is 4.79 Å². The molecule has 0 atom stereocenters. The molecule has 0 amide bonds. The van der Waals surface area contributed by atoms with E-state index in [2.05, 4.69) is 0 Å². The van der Waals surface area contributed by atoms with Gasteiger partial charge in [0.15, 0.2) is 0 Å². The van der Waals surface area contributed by atoms with Gasteiger partial charge in [-0.15, -0.1) is 0 Å². The summed E-state index contributed by atoms with van der Waals surface area (Å²) in [6.45, 7) is 2.39. The molecule has 1 aliphatic rings. The number of carbonyl (C=O) groups is 1. The average molecular weight is 330 g/mol. The maximum Gasteiger partial charge on any atom is 0.303 e. The lowest BCUT2D eigenvalue weighted by Gasteiger charge is -2.33. The summed E-state index contributed by atoms with van der Waals surface area (Å²) in [6, 6.07) is 5.00. The predicted octanol–water partition coefficient (Wildman–Crippen LogP) is 0.997. The molecule has 8 heteroatoms. The first-order valence-electron chi connectivity index (χ1n) is 7.09. The largest absolute Gasteiger partial charge is 0.481 e. The van der Waals surface area contributed by atoms with Crippen molar-refractivity contribution < 1.29 is 22.7 Å². The molecule has 0 unspecified atom stereocenters. The van der Waals surface area contributed by atoms with E-state index in [9.17, 15) is 17.6 Å². The van der Waals surface area contributed by atoms with Crippen LogP contribution in [0.25, 0.3) is 0 Å². The maximum absolute atomic E-state index is 13.2. The smallest absolute Gasteiger partial charge is 0.303 e. The van der Waals surface area contributed by atoms with Gasteiger partial charge >= 0.3 is 5.97 Å². The van der Waals surface area contributed by atoms with Gasteiger partial charge in [-0.05, 0) is 31.2 Å². The number of aliphatic carboxylic acids is 1. The monoisotopic (exact) mass is 330 g/mol. The second-order valence-electron chi connectivity index (χ2n) is 5.20. The van der Waals surface area contributed by atoms with Crippen LogP contribution in [0.4, 0.5) is 4.39 Å². The van der Waals surface area contributed by atoms with Gasteiger partial charge in [0.25, 0.3) is 0 Å². The number of sulfonamides is 1. The van der Waals surface area contributed by atoms with Crippen LogP contribution in [0, 0.1) is 5.82 Å². The van der Waals surface area contributed by atoms with E-state index in [1.54, 1.807) is 0 Å². The summed E-state index contributed by atoms with van der Waals surface area (Å²) in [4.78, 5) is 12.5. The summed E-state index contributed by atoms with van der Waals surface area (Å²) in [5.74, 6) is -1.40. The predicted molar refractivity (Wildman–Crippen MR) is 78.5 cm³/mol. The molecule has 0 aromatic heterocycles. The number of benzene rings is 1. The summed E-state index contributed by atoms with van der Waals surface area (Å²) < 4.78 is 39.4. The summed E-state index contributed by atoms with van der Waals surface area (Å²) in [7, 11) is -3.67. The lowest BCUT2D eigenvalue weighted by molar-refractivity contribution is -0.137. The van der Waals surface area contributed by atoms with Crippen LogP contribution in [0.5, 0.6) is 0 Å². The van der Waals surface area contributed by atoms with E-state index in [1.807, 2.05) is 4.90 Å². The van der Waals surface area contributed by atoms with Crippen molar-refractivity contribution in [3.8, 4) is 0 Å². The number of hydrogen-bond acceptors (Lipinski definition) is 4. The Morgan fingerprint density at radius 2 is 1.91 bits per heavy atom. The quantitative estimate of drug-likeness (QED) is 0.842. The van der Waals surface area contributed by atoms with E-state index in [0.717, 1.165) is 6.07 Å². The van der Waals surface area contributed by atoms with E-state index in [-0.39, 0.29) is 11.3 Å². The van der Waals surface area contributed by atoms with E-state index in [1.165, 1.54) is 22.5 Å². The molecule has 0 radical (unpaired) electrons. The Bertz CT molecular complexity index is 627. The van der Waals surface area contributed by atoms with Gasteiger partial charge in [-0.2, -0.15) is 4.31 Å². The summed E-state index contributed by atoms with van der Waals surface area (Å²) in [5, 5.41) is 8.60. The molecule has 0 aliphatic carbocycles. The van der Waals surface area contributed by atoms with Gasteiger partial charge in [0.1, 0.15) is 5.82 Å². The molecule has 6 nitrogen and oxygen atoms in total. The van der Waals surface area contributed by atoms with E-state index in [4.69, 9.17) is 5.11 Å². The number of carboxylic acids is 1. The second-order valence-corrected chi connectivity index (χ2v) is 7.14. The van der Waals surface area contributed by atoms with E-state index < -0.39 is 21.8 Å². The van der Waals surface area contributed by atoms with Crippen LogP contribution >= 0.6 is 0 Å². The first kappa shape index (κ1) is 16.9. The third-order valence-corrected chi connectivity index (χ3v) is 5.52. The molecular formula is C14H19FN2O4S. The van der Waals surface area contributed by atoms with Crippen molar-refractivity contribution in [1.82, 2.24) is 9.21 Å². The van der Waals surface area contributed by atoms with Crippen molar-refractivity contribution in [2.75, 3.05) is 32.7 Å². The lowest BCUT2D eigenvalue weighted by atomic mass is 10.2. The summed E-state index contributed by atoms with van der Waals surface area (Å²) >= 11 is 0. The Hall–Kier alpha value is -1.51. The van der Waals surface area contributed by atoms with Crippen LogP contribution < -0.4 is 0 Å². The van der Waals surface area contributed by atoms with Crippen molar-refractivity contribution in [3.05, 3.63) is 30.1 Å². The van der Waals surface area contributed by atoms with Gasteiger partial charge in [0.05, 0.1) is 4.90 Å². The normalized spacial score (nSPS) is 17.5. The van der Waals surface area contributed by atoms with Crippen LogP contribution in [0.15, 0.2) is 29.2 Å². The molecule has 1 aromatic rings. The Kier molecular flexibility index (Phi) is 5.49. The fourth-order valence-corrected chi connectivity index (χ4v) is 3.88. The van der Waals surface area contributed by atoms with Crippen LogP contribution in [0.1, 0.15) is 12.8 Å². The maximum atomic E-state index is 13.2. The highest BCUT2D eigenvalue weighted by Crippen LogP contribution is 2.18. The summed E-state index contributed by atoms with van der Waals surface area (Å²) in [5.41, 5.74) is 0. The molecule has 22 heavy (non-hydrogen) atoms. The Balaban J connectivity index is 1.92. The summed E-state index contributed by atoms with van der Waals surface area (Å²) in [6.07, 6.45) is 0.661. The van der Waals surface area contributed by atoms with E-state index in [0.29, 0.717) is 39.1 Å². The topological polar surface area (TPSA) is 77.9 Å². The molecule has 0 bridgehead atoms. The van der Waals surface area contributed by atoms with Crippen molar-refractivity contribution in [2.24, 2.45) is 0 Å². The number of halogens is 1. The molecule has 122 valence electrons. The van der Waals surface area contributed by atoms with Crippen LogP contribution in [-0.2, 0) is 14.8 Å². The van der Waals surface area contributed by atoms with Gasteiger partial charge in [-0.25, -0.2) is 12.8 Å².